The van der Waals surface area contributed by atoms with E-state index in [1.807, 2.05) is 34.6 Å². The molecule has 1 heterocycles. The van der Waals surface area contributed by atoms with Gasteiger partial charge in [-0.05, 0) is 30.6 Å². The minimum Gasteiger partial charge on any atom is -0.480 e. The molecule has 1 saturated heterocycles. The fraction of sp³-hybridized carbons (Fsp3) is 0.789. The normalized spacial score (nSPS) is 18.3. The Morgan fingerprint density at radius 3 is 2.33 bits per heavy atom. The second kappa shape index (κ2) is 9.71. The average Bonchev–Trinajstić information content (AvgIpc) is 2.99. The number of nitrogens with one attached hydrogen (secondary N) is 2. The van der Waals surface area contributed by atoms with Crippen LogP contribution in [0.3, 0.4) is 0 Å². The SMILES string of the molecule is CC(C)C[C@H](NC(=O)CNC(=O)C1CCCN1C(=O)CC(C)(C)C)C(=O)O. The van der Waals surface area contributed by atoms with Gasteiger partial charge in [-0.1, -0.05) is 34.6 Å². The fourth-order valence-corrected chi connectivity index (χ4v) is 3.12. The van der Waals surface area contributed by atoms with Crippen LogP contribution in [-0.4, -0.2) is 58.9 Å². The van der Waals surface area contributed by atoms with Crippen LogP contribution >= 0.6 is 0 Å². The van der Waals surface area contributed by atoms with Crippen molar-refractivity contribution in [2.24, 2.45) is 11.3 Å². The molecule has 8 heteroatoms. The molecule has 0 radical (unpaired) electrons. The average molecular weight is 383 g/mol. The lowest BCUT2D eigenvalue weighted by Crippen LogP contribution is -2.50. The molecule has 1 fully saturated rings. The van der Waals surface area contributed by atoms with Gasteiger partial charge in [0, 0.05) is 13.0 Å². The van der Waals surface area contributed by atoms with Crippen LogP contribution in [-0.2, 0) is 19.2 Å². The summed E-state index contributed by atoms with van der Waals surface area (Å²) in [5.74, 6) is -1.98. The van der Waals surface area contributed by atoms with Gasteiger partial charge in [-0.15, -0.1) is 0 Å². The lowest BCUT2D eigenvalue weighted by molar-refractivity contribution is -0.142. The summed E-state index contributed by atoms with van der Waals surface area (Å²) >= 11 is 0. The Morgan fingerprint density at radius 2 is 1.81 bits per heavy atom. The highest BCUT2D eigenvalue weighted by Crippen LogP contribution is 2.24. The van der Waals surface area contributed by atoms with Gasteiger partial charge >= 0.3 is 5.97 Å². The third-order valence-corrected chi connectivity index (χ3v) is 4.32. The van der Waals surface area contributed by atoms with E-state index in [1.54, 1.807) is 4.90 Å². The van der Waals surface area contributed by atoms with E-state index in [2.05, 4.69) is 10.6 Å². The summed E-state index contributed by atoms with van der Waals surface area (Å²) in [5.41, 5.74) is -0.164. The first-order valence-corrected chi connectivity index (χ1v) is 9.50. The number of carboxylic acids is 1. The van der Waals surface area contributed by atoms with Crippen molar-refractivity contribution < 1.29 is 24.3 Å². The lowest BCUT2D eigenvalue weighted by atomic mass is 9.91. The maximum Gasteiger partial charge on any atom is 0.326 e. The first-order valence-electron chi connectivity index (χ1n) is 9.50. The first-order chi connectivity index (χ1) is 12.4. The molecule has 0 aromatic carbocycles. The zero-order valence-corrected chi connectivity index (χ0v) is 17.0. The second-order valence-corrected chi connectivity index (χ2v) is 8.79. The molecule has 0 bridgehead atoms. The van der Waals surface area contributed by atoms with E-state index in [4.69, 9.17) is 5.11 Å². The zero-order valence-electron chi connectivity index (χ0n) is 17.0. The van der Waals surface area contributed by atoms with Gasteiger partial charge in [-0.25, -0.2) is 4.79 Å². The molecule has 1 rings (SSSR count). The minimum absolute atomic E-state index is 0.0625. The molecular weight excluding hydrogens is 350 g/mol. The Balaban J connectivity index is 2.56. The maximum atomic E-state index is 12.4. The third kappa shape index (κ3) is 7.97. The van der Waals surface area contributed by atoms with Crippen molar-refractivity contribution in [2.45, 2.75) is 72.4 Å². The molecule has 1 unspecified atom stereocenters. The standard InChI is InChI=1S/C19H33N3O5/c1-12(2)9-13(18(26)27)21-15(23)11-20-17(25)14-7-6-8-22(14)16(24)10-19(3,4)5/h12-14H,6-11H2,1-5H3,(H,20,25)(H,21,23)(H,26,27)/t13-,14?/m0/s1. The van der Waals surface area contributed by atoms with Crippen LogP contribution in [0.25, 0.3) is 0 Å². The van der Waals surface area contributed by atoms with E-state index >= 15 is 0 Å². The Morgan fingerprint density at radius 1 is 1.19 bits per heavy atom. The van der Waals surface area contributed by atoms with Crippen molar-refractivity contribution in [3.05, 3.63) is 0 Å². The summed E-state index contributed by atoms with van der Waals surface area (Å²) in [4.78, 5) is 49.6. The van der Waals surface area contributed by atoms with Crippen molar-refractivity contribution in [3.8, 4) is 0 Å². The Bertz CT molecular complexity index is 568. The molecular formula is C19H33N3O5. The predicted octanol–water partition coefficient (Wildman–Crippen LogP) is 1.15. The van der Waals surface area contributed by atoms with E-state index in [1.165, 1.54) is 0 Å². The van der Waals surface area contributed by atoms with Crippen molar-refractivity contribution in [3.63, 3.8) is 0 Å². The highest BCUT2D eigenvalue weighted by atomic mass is 16.4. The van der Waals surface area contributed by atoms with Crippen LogP contribution in [0.4, 0.5) is 0 Å². The minimum atomic E-state index is -1.10. The van der Waals surface area contributed by atoms with E-state index < -0.39 is 24.0 Å². The van der Waals surface area contributed by atoms with E-state index in [-0.39, 0.29) is 29.7 Å². The third-order valence-electron chi connectivity index (χ3n) is 4.32. The summed E-state index contributed by atoms with van der Waals surface area (Å²) in [7, 11) is 0. The van der Waals surface area contributed by atoms with Gasteiger partial charge in [-0.3, -0.25) is 14.4 Å². The maximum absolute atomic E-state index is 12.4. The molecule has 0 saturated carbocycles. The van der Waals surface area contributed by atoms with Gasteiger partial charge < -0.3 is 20.6 Å². The predicted molar refractivity (Wildman–Crippen MR) is 101 cm³/mol. The molecule has 3 N–H and O–H groups in total. The summed E-state index contributed by atoms with van der Waals surface area (Å²) in [6.07, 6.45) is 1.98. The molecule has 0 aromatic heterocycles. The van der Waals surface area contributed by atoms with Crippen molar-refractivity contribution >= 4 is 23.7 Å². The van der Waals surface area contributed by atoms with Gasteiger partial charge in [-0.2, -0.15) is 0 Å². The van der Waals surface area contributed by atoms with Gasteiger partial charge in [0.25, 0.3) is 0 Å². The molecule has 1 aliphatic heterocycles. The Labute approximate surface area is 161 Å². The van der Waals surface area contributed by atoms with Crippen LogP contribution < -0.4 is 10.6 Å². The number of hydrogen-bond donors (Lipinski definition) is 3. The van der Waals surface area contributed by atoms with Crippen molar-refractivity contribution in [2.75, 3.05) is 13.1 Å². The number of aliphatic carboxylic acids is 1. The molecule has 27 heavy (non-hydrogen) atoms. The van der Waals surface area contributed by atoms with Gasteiger partial charge in [0.2, 0.25) is 17.7 Å². The molecule has 1 aliphatic rings. The van der Waals surface area contributed by atoms with Gasteiger partial charge in [0.1, 0.15) is 12.1 Å². The summed E-state index contributed by atoms with van der Waals surface area (Å²) in [6, 6.07) is -1.55. The monoisotopic (exact) mass is 383 g/mol. The van der Waals surface area contributed by atoms with Crippen molar-refractivity contribution in [1.29, 1.82) is 0 Å². The number of likely N-dealkylation sites (tertiary alicyclic amines) is 1. The highest BCUT2D eigenvalue weighted by molar-refractivity contribution is 5.92. The molecule has 8 nitrogen and oxygen atoms in total. The topological polar surface area (TPSA) is 116 Å². The number of rotatable bonds is 8. The number of carbonyl (C=O) groups excluding carboxylic acids is 3. The number of carbonyl (C=O) groups is 4. The largest absolute Gasteiger partial charge is 0.480 e. The van der Waals surface area contributed by atoms with Crippen LogP contribution in [0.1, 0.15) is 60.3 Å². The molecule has 3 amide bonds. The van der Waals surface area contributed by atoms with Crippen LogP contribution in [0.15, 0.2) is 0 Å². The number of hydrogen-bond acceptors (Lipinski definition) is 4. The summed E-state index contributed by atoms with van der Waals surface area (Å²) in [6.45, 7) is 9.87. The quantitative estimate of drug-likeness (QED) is 0.581. The summed E-state index contributed by atoms with van der Waals surface area (Å²) < 4.78 is 0. The Kier molecular flexibility index (Phi) is 8.24. The van der Waals surface area contributed by atoms with Crippen LogP contribution in [0.2, 0.25) is 0 Å². The first kappa shape index (κ1) is 22.9. The van der Waals surface area contributed by atoms with E-state index in [0.29, 0.717) is 25.8 Å². The molecule has 154 valence electrons. The number of nitrogens with zero attached hydrogens (tertiary/aromatic N) is 1. The Hall–Kier alpha value is -2.12. The smallest absolute Gasteiger partial charge is 0.326 e. The van der Waals surface area contributed by atoms with Gasteiger partial charge in [0.05, 0.1) is 6.54 Å². The molecule has 0 aromatic rings. The fourth-order valence-electron chi connectivity index (χ4n) is 3.12. The van der Waals surface area contributed by atoms with E-state index in [9.17, 15) is 19.2 Å². The van der Waals surface area contributed by atoms with E-state index in [0.717, 1.165) is 6.42 Å². The highest BCUT2D eigenvalue weighted by Gasteiger charge is 2.35. The van der Waals surface area contributed by atoms with Gasteiger partial charge in [0.15, 0.2) is 0 Å². The number of amides is 3. The molecule has 0 aliphatic carbocycles. The van der Waals surface area contributed by atoms with Crippen LogP contribution in [0, 0.1) is 11.3 Å². The lowest BCUT2D eigenvalue weighted by Gasteiger charge is -2.27. The summed E-state index contributed by atoms with van der Waals surface area (Å²) in [5, 5.41) is 14.1. The molecule has 0 spiro atoms. The molecule has 2 atom stereocenters. The zero-order chi connectivity index (χ0) is 20.8. The van der Waals surface area contributed by atoms with Crippen LogP contribution in [0.5, 0.6) is 0 Å². The van der Waals surface area contributed by atoms with Crippen molar-refractivity contribution in [1.82, 2.24) is 15.5 Å². The number of carboxylic acid groups (broad SMARTS) is 1. The second-order valence-electron chi connectivity index (χ2n) is 8.79.